The van der Waals surface area contributed by atoms with Crippen molar-refractivity contribution in [1.29, 1.82) is 5.26 Å². The van der Waals surface area contributed by atoms with Crippen LogP contribution in [-0.4, -0.2) is 24.5 Å². The lowest BCUT2D eigenvalue weighted by molar-refractivity contribution is 0.359. The summed E-state index contributed by atoms with van der Waals surface area (Å²) in [5, 5.41) is 17.4. The molecule has 0 saturated carbocycles. The van der Waals surface area contributed by atoms with Crippen molar-refractivity contribution in [2.75, 3.05) is 6.26 Å². The monoisotopic (exact) mass is 189 g/mol. The Balaban J connectivity index is 5.18. The fourth-order valence-electron chi connectivity index (χ4n) is 0.425. The van der Waals surface area contributed by atoms with Crippen LogP contribution in [0.25, 0.3) is 0 Å². The summed E-state index contributed by atoms with van der Waals surface area (Å²) >= 11 is 0. The number of allylic oxidation sites excluding steroid dienone is 1. The van der Waals surface area contributed by atoms with Crippen molar-refractivity contribution in [2.24, 2.45) is 0 Å². The standard InChI is InChI=1S/C7H11NO3S/c1-7(2,12(3,10)11)6(9)4-5-8/h4,9H,1-3H3. The zero-order chi connectivity index (χ0) is 9.99. The predicted octanol–water partition coefficient (Wildman–Crippen LogP) is 0.775. The molecule has 0 fully saturated rings. The average Bonchev–Trinajstić information content (AvgIpc) is 1.85. The van der Waals surface area contributed by atoms with Crippen LogP contribution in [0.4, 0.5) is 0 Å². The predicted molar refractivity (Wildman–Crippen MR) is 45.2 cm³/mol. The zero-order valence-corrected chi connectivity index (χ0v) is 8.01. The Hall–Kier alpha value is -1.02. The van der Waals surface area contributed by atoms with E-state index in [4.69, 9.17) is 5.26 Å². The molecule has 4 nitrogen and oxygen atoms in total. The average molecular weight is 189 g/mol. The molecule has 0 aliphatic carbocycles. The van der Waals surface area contributed by atoms with E-state index in [2.05, 4.69) is 0 Å². The topological polar surface area (TPSA) is 78.2 Å². The SMILES string of the molecule is CC(C)(C(O)=CC#N)S(C)(=O)=O. The molecule has 0 atom stereocenters. The quantitative estimate of drug-likeness (QED) is 0.514. The van der Waals surface area contributed by atoms with Crippen molar-refractivity contribution in [3.8, 4) is 6.07 Å². The maximum Gasteiger partial charge on any atom is 0.159 e. The molecule has 0 aromatic heterocycles. The minimum absolute atomic E-state index is 0.437. The number of hydrogen-bond acceptors (Lipinski definition) is 4. The van der Waals surface area contributed by atoms with E-state index in [1.54, 1.807) is 6.07 Å². The van der Waals surface area contributed by atoms with Crippen LogP contribution in [0.3, 0.4) is 0 Å². The fourth-order valence-corrected chi connectivity index (χ4v) is 0.864. The molecule has 0 rings (SSSR count). The van der Waals surface area contributed by atoms with Crippen LogP contribution in [0.5, 0.6) is 0 Å². The number of nitrogens with zero attached hydrogens (tertiary/aromatic N) is 1. The molecule has 0 radical (unpaired) electrons. The Kier molecular flexibility index (Phi) is 2.88. The van der Waals surface area contributed by atoms with Crippen LogP contribution in [0.15, 0.2) is 11.8 Å². The third-order valence-corrected chi connectivity index (χ3v) is 3.81. The van der Waals surface area contributed by atoms with Gasteiger partial charge in [-0.05, 0) is 13.8 Å². The molecular formula is C7H11NO3S. The summed E-state index contributed by atoms with van der Waals surface area (Å²) in [6.07, 6.45) is 1.83. The van der Waals surface area contributed by atoms with Gasteiger partial charge in [-0.1, -0.05) is 0 Å². The summed E-state index contributed by atoms with van der Waals surface area (Å²) < 4.78 is 20.7. The third kappa shape index (κ3) is 1.98. The lowest BCUT2D eigenvalue weighted by Crippen LogP contribution is -2.33. The number of aliphatic hydroxyl groups is 1. The number of nitriles is 1. The van der Waals surface area contributed by atoms with Gasteiger partial charge in [-0.25, -0.2) is 8.42 Å². The Bertz CT molecular complexity index is 332. The third-order valence-electron chi connectivity index (χ3n) is 1.75. The Labute approximate surface area is 72.1 Å². The second kappa shape index (κ2) is 3.15. The zero-order valence-electron chi connectivity index (χ0n) is 7.20. The molecule has 0 aromatic carbocycles. The number of aliphatic hydroxyl groups excluding tert-OH is 1. The number of hydrogen-bond donors (Lipinski definition) is 1. The number of sulfone groups is 1. The molecule has 0 amide bonds. The van der Waals surface area contributed by atoms with E-state index in [0.717, 1.165) is 12.3 Å². The molecule has 0 heterocycles. The van der Waals surface area contributed by atoms with E-state index in [0.29, 0.717) is 0 Å². The molecule has 0 aliphatic rings. The first-order chi connectivity index (χ1) is 5.23. The van der Waals surface area contributed by atoms with Gasteiger partial charge in [0.05, 0.1) is 12.1 Å². The molecule has 1 N–H and O–H groups in total. The highest BCUT2D eigenvalue weighted by Crippen LogP contribution is 2.22. The first-order valence-corrected chi connectivity index (χ1v) is 5.11. The summed E-state index contributed by atoms with van der Waals surface area (Å²) in [7, 11) is -3.39. The van der Waals surface area contributed by atoms with Gasteiger partial charge in [0.25, 0.3) is 0 Å². The summed E-state index contributed by atoms with van der Waals surface area (Å²) in [6, 6.07) is 1.57. The van der Waals surface area contributed by atoms with Gasteiger partial charge in [0.15, 0.2) is 9.84 Å². The normalized spacial score (nSPS) is 14.0. The van der Waals surface area contributed by atoms with E-state index in [9.17, 15) is 13.5 Å². The van der Waals surface area contributed by atoms with Gasteiger partial charge in [0.1, 0.15) is 10.5 Å². The summed E-state index contributed by atoms with van der Waals surface area (Å²) in [4.78, 5) is 0. The second-order valence-corrected chi connectivity index (χ2v) is 5.51. The highest BCUT2D eigenvalue weighted by Gasteiger charge is 2.34. The Morgan fingerprint density at radius 3 is 2.25 bits per heavy atom. The fraction of sp³-hybridized carbons (Fsp3) is 0.571. The molecule has 0 bridgehead atoms. The van der Waals surface area contributed by atoms with Crippen molar-refractivity contribution >= 4 is 9.84 Å². The van der Waals surface area contributed by atoms with Crippen molar-refractivity contribution in [2.45, 2.75) is 18.6 Å². The molecule has 0 saturated heterocycles. The van der Waals surface area contributed by atoms with Crippen LogP contribution >= 0.6 is 0 Å². The highest BCUT2D eigenvalue weighted by molar-refractivity contribution is 7.92. The van der Waals surface area contributed by atoms with Gasteiger partial charge in [-0.2, -0.15) is 5.26 Å². The summed E-state index contributed by atoms with van der Waals surface area (Å²) in [5.74, 6) is -0.437. The van der Waals surface area contributed by atoms with E-state index >= 15 is 0 Å². The first kappa shape index (κ1) is 11.0. The molecular weight excluding hydrogens is 178 g/mol. The number of rotatable bonds is 2. The van der Waals surface area contributed by atoms with E-state index in [-0.39, 0.29) is 0 Å². The van der Waals surface area contributed by atoms with Crippen molar-refractivity contribution in [3.63, 3.8) is 0 Å². The molecule has 68 valence electrons. The molecule has 0 aromatic rings. The van der Waals surface area contributed by atoms with Gasteiger partial charge in [-0.3, -0.25) is 0 Å². The second-order valence-electron chi connectivity index (χ2n) is 2.94. The minimum atomic E-state index is -3.39. The molecule has 0 aliphatic heterocycles. The molecule has 5 heteroatoms. The smallest absolute Gasteiger partial charge is 0.159 e. The van der Waals surface area contributed by atoms with E-state index < -0.39 is 20.3 Å². The van der Waals surface area contributed by atoms with Crippen LogP contribution in [0.1, 0.15) is 13.8 Å². The summed E-state index contributed by atoms with van der Waals surface area (Å²) in [5.41, 5.74) is 0. The largest absolute Gasteiger partial charge is 0.510 e. The molecule has 12 heavy (non-hydrogen) atoms. The van der Waals surface area contributed by atoms with Crippen molar-refractivity contribution in [1.82, 2.24) is 0 Å². The van der Waals surface area contributed by atoms with Gasteiger partial charge < -0.3 is 5.11 Å². The van der Waals surface area contributed by atoms with Gasteiger partial charge in [0, 0.05) is 6.26 Å². The van der Waals surface area contributed by atoms with Crippen LogP contribution in [0.2, 0.25) is 0 Å². The molecule has 0 unspecified atom stereocenters. The highest BCUT2D eigenvalue weighted by atomic mass is 32.2. The van der Waals surface area contributed by atoms with Gasteiger partial charge >= 0.3 is 0 Å². The van der Waals surface area contributed by atoms with Gasteiger partial charge in [-0.15, -0.1) is 0 Å². The summed E-state index contributed by atoms with van der Waals surface area (Å²) in [6.45, 7) is 2.68. The Morgan fingerprint density at radius 1 is 1.58 bits per heavy atom. The van der Waals surface area contributed by atoms with Crippen molar-refractivity contribution in [3.05, 3.63) is 11.8 Å². The van der Waals surface area contributed by atoms with Crippen LogP contribution in [-0.2, 0) is 9.84 Å². The maximum absolute atomic E-state index is 11.1. The van der Waals surface area contributed by atoms with Crippen LogP contribution < -0.4 is 0 Å². The van der Waals surface area contributed by atoms with Crippen LogP contribution in [0, 0.1) is 11.3 Å². The van der Waals surface area contributed by atoms with E-state index in [1.807, 2.05) is 0 Å². The van der Waals surface area contributed by atoms with E-state index in [1.165, 1.54) is 13.8 Å². The lowest BCUT2D eigenvalue weighted by atomic mass is 10.1. The minimum Gasteiger partial charge on any atom is -0.510 e. The van der Waals surface area contributed by atoms with Crippen molar-refractivity contribution < 1.29 is 13.5 Å². The lowest BCUT2D eigenvalue weighted by Gasteiger charge is -2.20. The first-order valence-electron chi connectivity index (χ1n) is 3.22. The molecule has 0 spiro atoms. The Morgan fingerprint density at radius 2 is 2.00 bits per heavy atom. The maximum atomic E-state index is 11.1. The van der Waals surface area contributed by atoms with Gasteiger partial charge in [0.2, 0.25) is 0 Å².